The summed E-state index contributed by atoms with van der Waals surface area (Å²) in [6.45, 7) is 5.57. The molecule has 1 unspecified atom stereocenters. The number of nitrogens with one attached hydrogen (secondary N) is 2. The fourth-order valence-corrected chi connectivity index (χ4v) is 4.90. The number of amides is 2. The second kappa shape index (κ2) is 9.20. The van der Waals surface area contributed by atoms with E-state index >= 15 is 0 Å². The summed E-state index contributed by atoms with van der Waals surface area (Å²) < 4.78 is 16.1. The Morgan fingerprint density at radius 1 is 1.09 bits per heavy atom. The molecule has 32 heavy (non-hydrogen) atoms. The van der Waals surface area contributed by atoms with Crippen LogP contribution in [0.5, 0.6) is 11.5 Å². The van der Waals surface area contributed by atoms with Gasteiger partial charge >= 0.3 is 5.97 Å². The second-order valence-electron chi connectivity index (χ2n) is 8.16. The molecule has 2 aromatic rings. The quantitative estimate of drug-likeness (QED) is 0.617. The summed E-state index contributed by atoms with van der Waals surface area (Å²) in [7, 11) is 0. The van der Waals surface area contributed by atoms with Gasteiger partial charge in [0.05, 0.1) is 5.56 Å². The van der Waals surface area contributed by atoms with Crippen LogP contribution in [-0.2, 0) is 33.7 Å². The van der Waals surface area contributed by atoms with E-state index in [1.54, 1.807) is 26.0 Å². The van der Waals surface area contributed by atoms with E-state index < -0.39 is 18.0 Å². The summed E-state index contributed by atoms with van der Waals surface area (Å²) in [5.74, 6) is -0.0560. The number of carbonyl (C=O) groups excluding carboxylic acids is 3. The number of hydrogen-bond donors (Lipinski definition) is 2. The second-order valence-corrected chi connectivity index (χ2v) is 9.26. The van der Waals surface area contributed by atoms with Crippen molar-refractivity contribution in [3.05, 3.63) is 39.8 Å². The van der Waals surface area contributed by atoms with Gasteiger partial charge < -0.3 is 24.8 Å². The first kappa shape index (κ1) is 22.1. The molecular weight excluding hydrogens is 432 g/mol. The van der Waals surface area contributed by atoms with E-state index in [0.717, 1.165) is 35.3 Å². The van der Waals surface area contributed by atoms with E-state index in [4.69, 9.17) is 14.2 Å². The van der Waals surface area contributed by atoms with Gasteiger partial charge in [-0.05, 0) is 49.4 Å². The number of thiophene rings is 1. The van der Waals surface area contributed by atoms with Crippen molar-refractivity contribution in [3.8, 4) is 11.5 Å². The summed E-state index contributed by atoms with van der Waals surface area (Å²) in [5, 5.41) is 6.13. The van der Waals surface area contributed by atoms with E-state index in [1.807, 2.05) is 6.07 Å². The molecule has 2 heterocycles. The molecule has 1 atom stereocenters. The molecule has 1 aliphatic heterocycles. The monoisotopic (exact) mass is 458 g/mol. The molecule has 0 bridgehead atoms. The molecule has 170 valence electrons. The van der Waals surface area contributed by atoms with Crippen molar-refractivity contribution in [3.63, 3.8) is 0 Å². The molecule has 2 amide bonds. The third kappa shape index (κ3) is 4.57. The van der Waals surface area contributed by atoms with E-state index in [0.29, 0.717) is 22.1 Å². The fourth-order valence-electron chi connectivity index (χ4n) is 3.62. The minimum atomic E-state index is -0.984. The average molecular weight is 459 g/mol. The molecule has 1 aliphatic carbocycles. The molecule has 0 saturated heterocycles. The Morgan fingerprint density at radius 2 is 1.88 bits per heavy atom. The molecule has 2 aliphatic rings. The topological polar surface area (TPSA) is 103 Å². The zero-order chi connectivity index (χ0) is 22.8. The summed E-state index contributed by atoms with van der Waals surface area (Å²) in [6.07, 6.45) is 1.62. The largest absolute Gasteiger partial charge is 0.454 e. The van der Waals surface area contributed by atoms with Crippen LogP contribution in [0.3, 0.4) is 0 Å². The van der Waals surface area contributed by atoms with Crippen LogP contribution in [0.1, 0.15) is 53.6 Å². The van der Waals surface area contributed by atoms with Crippen LogP contribution in [0.25, 0.3) is 0 Å². The molecule has 4 rings (SSSR count). The number of rotatable bonds is 7. The van der Waals surface area contributed by atoms with Crippen molar-refractivity contribution in [1.29, 1.82) is 0 Å². The lowest BCUT2D eigenvalue weighted by molar-refractivity contribution is -0.129. The van der Waals surface area contributed by atoms with Gasteiger partial charge in [-0.2, -0.15) is 0 Å². The van der Waals surface area contributed by atoms with Gasteiger partial charge in [0.1, 0.15) is 5.00 Å². The molecule has 1 aromatic heterocycles. The Kier molecular flexibility index (Phi) is 6.36. The van der Waals surface area contributed by atoms with Crippen LogP contribution in [0.2, 0.25) is 0 Å². The highest BCUT2D eigenvalue weighted by atomic mass is 32.1. The predicted octanol–water partition coefficient (Wildman–Crippen LogP) is 3.42. The number of aryl methyl sites for hydroxylation is 1. The maximum Gasteiger partial charge on any atom is 0.342 e. The lowest BCUT2D eigenvalue weighted by Gasteiger charge is -2.15. The molecule has 0 fully saturated rings. The predicted molar refractivity (Wildman–Crippen MR) is 119 cm³/mol. The van der Waals surface area contributed by atoms with Crippen LogP contribution < -0.4 is 20.1 Å². The Bertz CT molecular complexity index is 1060. The molecule has 0 saturated carbocycles. The fraction of sp³-hybridized carbons (Fsp3) is 0.435. The average Bonchev–Trinajstić information content (AvgIpc) is 3.46. The molecule has 2 N–H and O–H groups in total. The first-order valence-electron chi connectivity index (χ1n) is 10.7. The van der Waals surface area contributed by atoms with Crippen molar-refractivity contribution >= 4 is 34.1 Å². The number of carbonyl (C=O) groups is 3. The summed E-state index contributed by atoms with van der Waals surface area (Å²) in [6, 6.07) is 5.43. The highest BCUT2D eigenvalue weighted by Gasteiger charge is 2.30. The molecular formula is C23H26N2O6S. The van der Waals surface area contributed by atoms with E-state index in [2.05, 4.69) is 10.6 Å². The van der Waals surface area contributed by atoms with Crippen LogP contribution in [-0.4, -0.2) is 30.7 Å². The van der Waals surface area contributed by atoms with Gasteiger partial charge in [0.15, 0.2) is 17.6 Å². The minimum absolute atomic E-state index is 0.159. The maximum atomic E-state index is 13.0. The zero-order valence-corrected chi connectivity index (χ0v) is 19.1. The van der Waals surface area contributed by atoms with Gasteiger partial charge in [-0.25, -0.2) is 4.79 Å². The molecule has 9 heteroatoms. The van der Waals surface area contributed by atoms with Crippen molar-refractivity contribution < 1.29 is 28.6 Å². The first-order valence-corrected chi connectivity index (χ1v) is 11.5. The van der Waals surface area contributed by atoms with Gasteiger partial charge in [0.25, 0.3) is 5.91 Å². The Morgan fingerprint density at radius 3 is 2.66 bits per heavy atom. The maximum absolute atomic E-state index is 13.0. The lowest BCUT2D eigenvalue weighted by Crippen LogP contribution is -2.35. The lowest BCUT2D eigenvalue weighted by atomic mass is 10.1. The van der Waals surface area contributed by atoms with E-state index in [9.17, 15) is 14.4 Å². The smallest absolute Gasteiger partial charge is 0.342 e. The molecule has 8 nitrogen and oxygen atoms in total. The van der Waals surface area contributed by atoms with Crippen molar-refractivity contribution in [1.82, 2.24) is 5.32 Å². The third-order valence-corrected chi connectivity index (χ3v) is 6.65. The van der Waals surface area contributed by atoms with Gasteiger partial charge in [0, 0.05) is 17.3 Å². The van der Waals surface area contributed by atoms with Gasteiger partial charge in [-0.15, -0.1) is 11.3 Å². The number of esters is 1. The van der Waals surface area contributed by atoms with Crippen molar-refractivity contribution in [2.45, 2.75) is 52.7 Å². The molecule has 1 aromatic carbocycles. The van der Waals surface area contributed by atoms with Crippen molar-refractivity contribution in [2.24, 2.45) is 5.92 Å². The highest BCUT2D eigenvalue weighted by molar-refractivity contribution is 7.17. The first-order chi connectivity index (χ1) is 15.3. The number of ether oxygens (including phenoxy) is 3. The molecule has 0 radical (unpaired) electrons. The van der Waals surface area contributed by atoms with Crippen LogP contribution in [0.15, 0.2) is 18.2 Å². The van der Waals surface area contributed by atoms with E-state index in [-0.39, 0.29) is 25.2 Å². The summed E-state index contributed by atoms with van der Waals surface area (Å²) in [5.41, 5.74) is 2.15. The Labute approximate surface area is 190 Å². The Hall–Kier alpha value is -3.07. The third-order valence-electron chi connectivity index (χ3n) is 5.44. The number of hydrogen-bond acceptors (Lipinski definition) is 7. The van der Waals surface area contributed by atoms with Gasteiger partial charge in [0.2, 0.25) is 12.7 Å². The summed E-state index contributed by atoms with van der Waals surface area (Å²) in [4.78, 5) is 38.8. The number of fused-ring (bicyclic) bond motifs is 2. The SMILES string of the molecule is CC(C)C(=O)Nc1sc2c(c1C(=O)OC(C)C(=O)NCc1ccc3c(c1)OCO3)CCC2. The zero-order valence-electron chi connectivity index (χ0n) is 18.3. The standard InChI is InChI=1S/C23H26N2O6S/c1-12(2)20(26)25-22-19(15-5-4-6-18(15)32-22)23(28)31-13(3)21(27)24-10-14-7-8-16-17(9-14)30-11-29-16/h7-9,12-13H,4-6,10-11H2,1-3H3,(H,24,27)(H,25,26). The summed E-state index contributed by atoms with van der Waals surface area (Å²) >= 11 is 1.42. The van der Waals surface area contributed by atoms with E-state index in [1.165, 1.54) is 18.3 Å². The van der Waals surface area contributed by atoms with Crippen LogP contribution in [0.4, 0.5) is 5.00 Å². The van der Waals surface area contributed by atoms with Crippen LogP contribution in [0, 0.1) is 5.92 Å². The van der Waals surface area contributed by atoms with Crippen molar-refractivity contribution in [2.75, 3.05) is 12.1 Å². The number of anilines is 1. The number of benzene rings is 1. The van der Waals surface area contributed by atoms with Crippen LogP contribution >= 0.6 is 11.3 Å². The highest BCUT2D eigenvalue weighted by Crippen LogP contribution is 2.40. The Balaban J connectivity index is 1.40. The van der Waals surface area contributed by atoms with Gasteiger partial charge in [-0.3, -0.25) is 9.59 Å². The molecule has 0 spiro atoms. The normalized spacial score (nSPS) is 14.8. The minimum Gasteiger partial charge on any atom is -0.454 e. The van der Waals surface area contributed by atoms with Gasteiger partial charge in [-0.1, -0.05) is 19.9 Å².